The van der Waals surface area contributed by atoms with Gasteiger partial charge >= 0.3 is 0 Å². The second-order valence-corrected chi connectivity index (χ2v) is 3.19. The van der Waals surface area contributed by atoms with Crippen molar-refractivity contribution in [3.8, 4) is 0 Å². The molecule has 0 radical (unpaired) electrons. The molecule has 2 N–H and O–H groups in total. The number of nitrogens with zero attached hydrogens (tertiary/aromatic N) is 2. The van der Waals surface area contributed by atoms with Gasteiger partial charge in [0.25, 0.3) is 5.91 Å². The molecule has 1 heterocycles. The van der Waals surface area contributed by atoms with Crippen LogP contribution in [-0.4, -0.2) is 28.2 Å². The number of nitrogens with one attached hydrogen (secondary N) is 2. The fraction of sp³-hybridized carbons (Fsp3) is 0.333. The number of aromatic nitrogens is 2. The molecule has 5 nitrogen and oxygen atoms in total. The Bertz CT molecular complexity index is 355. The summed E-state index contributed by atoms with van der Waals surface area (Å²) < 4.78 is 0. The summed E-state index contributed by atoms with van der Waals surface area (Å²) in [5, 5.41) is 7.91. The molecular formula is C9H14N4O. The third-order valence-electron chi connectivity index (χ3n) is 1.59. The normalized spacial score (nSPS) is 9.64. The van der Waals surface area contributed by atoms with Crippen molar-refractivity contribution in [3.05, 3.63) is 29.7 Å². The highest BCUT2D eigenvalue weighted by molar-refractivity contribution is 5.91. The summed E-state index contributed by atoms with van der Waals surface area (Å²) in [5.74, 6) is -0.197. The molecule has 0 spiro atoms. The van der Waals surface area contributed by atoms with Gasteiger partial charge in [0, 0.05) is 18.4 Å². The molecule has 1 aromatic heterocycles. The van der Waals surface area contributed by atoms with Crippen LogP contribution in [0.25, 0.3) is 0 Å². The molecular weight excluding hydrogens is 180 g/mol. The molecule has 5 heteroatoms. The second-order valence-electron chi connectivity index (χ2n) is 3.19. The summed E-state index contributed by atoms with van der Waals surface area (Å²) in [7, 11) is 1.63. The Morgan fingerprint density at radius 1 is 1.71 bits per heavy atom. The molecule has 0 aromatic carbocycles. The Labute approximate surface area is 82.8 Å². The summed E-state index contributed by atoms with van der Waals surface area (Å²) in [6, 6.07) is 1.69. The summed E-state index contributed by atoms with van der Waals surface area (Å²) >= 11 is 0. The van der Waals surface area contributed by atoms with E-state index in [1.54, 1.807) is 20.0 Å². The van der Waals surface area contributed by atoms with Gasteiger partial charge in [0.1, 0.15) is 0 Å². The van der Waals surface area contributed by atoms with E-state index in [2.05, 4.69) is 22.2 Å². The number of H-pyrrole nitrogens is 1. The minimum atomic E-state index is -0.197. The van der Waals surface area contributed by atoms with E-state index in [1.807, 2.05) is 6.92 Å². The van der Waals surface area contributed by atoms with Crippen molar-refractivity contribution in [2.75, 3.05) is 7.05 Å². The number of rotatable bonds is 3. The van der Waals surface area contributed by atoms with Gasteiger partial charge in [0.15, 0.2) is 5.69 Å². The Kier molecular flexibility index (Phi) is 2.91. The van der Waals surface area contributed by atoms with Gasteiger partial charge in [-0.1, -0.05) is 6.58 Å². The number of amides is 1. The lowest BCUT2D eigenvalue weighted by molar-refractivity contribution is 0.0733. The Morgan fingerprint density at radius 3 is 2.79 bits per heavy atom. The molecule has 1 amide bonds. The molecule has 0 aliphatic rings. The molecule has 1 rings (SSSR count). The van der Waals surface area contributed by atoms with Gasteiger partial charge in [-0.2, -0.15) is 5.10 Å². The first-order valence-corrected chi connectivity index (χ1v) is 4.23. The second kappa shape index (κ2) is 3.95. The standard InChI is InChI=1S/C9H14N4O/c1-6(2)12-13(4)9(14)8-5-7(3)10-11-8/h5,12H,1H2,2-4H3,(H,10,11). The van der Waals surface area contributed by atoms with Crippen LogP contribution < -0.4 is 5.43 Å². The molecule has 0 atom stereocenters. The van der Waals surface area contributed by atoms with Crippen molar-refractivity contribution in [3.63, 3.8) is 0 Å². The van der Waals surface area contributed by atoms with Gasteiger partial charge in [0.05, 0.1) is 0 Å². The zero-order valence-electron chi connectivity index (χ0n) is 8.59. The van der Waals surface area contributed by atoms with Gasteiger partial charge in [-0.3, -0.25) is 14.9 Å². The summed E-state index contributed by atoms with van der Waals surface area (Å²) in [5.41, 5.74) is 4.73. The molecule has 0 aliphatic carbocycles. The van der Waals surface area contributed by atoms with Crippen LogP contribution >= 0.6 is 0 Å². The first-order valence-electron chi connectivity index (χ1n) is 4.23. The number of allylic oxidation sites excluding steroid dienone is 1. The number of hydrogen-bond donors (Lipinski definition) is 2. The predicted molar refractivity (Wildman–Crippen MR) is 53.4 cm³/mol. The Hall–Kier alpha value is -1.78. The highest BCUT2D eigenvalue weighted by Gasteiger charge is 2.13. The molecule has 1 aromatic rings. The smallest absolute Gasteiger partial charge is 0.292 e. The van der Waals surface area contributed by atoms with E-state index < -0.39 is 0 Å². The SMILES string of the molecule is C=C(C)NN(C)C(=O)c1cc(C)[nH]n1. The molecule has 0 saturated carbocycles. The first-order chi connectivity index (χ1) is 6.50. The zero-order chi connectivity index (χ0) is 10.7. The van der Waals surface area contributed by atoms with Gasteiger partial charge < -0.3 is 5.43 Å². The number of carbonyl (C=O) groups excluding carboxylic acids is 1. The van der Waals surface area contributed by atoms with E-state index in [9.17, 15) is 4.79 Å². The maximum atomic E-state index is 11.6. The highest BCUT2D eigenvalue weighted by Crippen LogP contribution is 2.00. The maximum Gasteiger partial charge on any atom is 0.292 e. The van der Waals surface area contributed by atoms with Crippen molar-refractivity contribution in [1.82, 2.24) is 20.6 Å². The number of hydrazine groups is 1. The van der Waals surface area contributed by atoms with Gasteiger partial charge in [-0.05, 0) is 19.9 Å². The average Bonchev–Trinajstić information content (AvgIpc) is 2.49. The first kappa shape index (κ1) is 10.3. The molecule has 0 aliphatic heterocycles. The monoisotopic (exact) mass is 194 g/mol. The molecule has 0 fully saturated rings. The third kappa shape index (κ3) is 2.35. The van der Waals surface area contributed by atoms with Crippen LogP contribution in [0.3, 0.4) is 0 Å². The number of aryl methyl sites for hydroxylation is 1. The molecule has 0 unspecified atom stereocenters. The van der Waals surface area contributed by atoms with E-state index in [1.165, 1.54) is 5.01 Å². The van der Waals surface area contributed by atoms with Crippen molar-refractivity contribution < 1.29 is 4.79 Å². The van der Waals surface area contributed by atoms with Crippen molar-refractivity contribution >= 4 is 5.91 Å². The quantitative estimate of drug-likeness (QED) is 0.700. The Balaban J connectivity index is 2.70. The van der Waals surface area contributed by atoms with Crippen molar-refractivity contribution in [2.24, 2.45) is 0 Å². The molecule has 14 heavy (non-hydrogen) atoms. The number of carbonyl (C=O) groups is 1. The number of aromatic amines is 1. The predicted octanol–water partition coefficient (Wildman–Crippen LogP) is 0.828. The Morgan fingerprint density at radius 2 is 2.36 bits per heavy atom. The van der Waals surface area contributed by atoms with Crippen LogP contribution in [-0.2, 0) is 0 Å². The topological polar surface area (TPSA) is 61.0 Å². The minimum Gasteiger partial charge on any atom is -0.301 e. The molecule has 0 bridgehead atoms. The largest absolute Gasteiger partial charge is 0.301 e. The summed E-state index contributed by atoms with van der Waals surface area (Å²) in [6.07, 6.45) is 0. The lowest BCUT2D eigenvalue weighted by atomic mass is 10.3. The fourth-order valence-corrected chi connectivity index (χ4v) is 1.04. The highest BCUT2D eigenvalue weighted by atomic mass is 16.2. The van der Waals surface area contributed by atoms with Gasteiger partial charge in [-0.25, -0.2) is 0 Å². The molecule has 76 valence electrons. The summed E-state index contributed by atoms with van der Waals surface area (Å²) in [4.78, 5) is 11.6. The van der Waals surface area contributed by atoms with Crippen LogP contribution in [0.2, 0.25) is 0 Å². The number of hydrogen-bond acceptors (Lipinski definition) is 3. The lowest BCUT2D eigenvalue weighted by Crippen LogP contribution is -2.38. The van der Waals surface area contributed by atoms with Crippen LogP contribution in [0.15, 0.2) is 18.3 Å². The third-order valence-corrected chi connectivity index (χ3v) is 1.59. The fourth-order valence-electron chi connectivity index (χ4n) is 1.04. The zero-order valence-corrected chi connectivity index (χ0v) is 8.59. The van der Waals surface area contributed by atoms with E-state index in [0.717, 1.165) is 5.69 Å². The van der Waals surface area contributed by atoms with E-state index in [4.69, 9.17) is 0 Å². The van der Waals surface area contributed by atoms with Crippen molar-refractivity contribution in [1.29, 1.82) is 0 Å². The van der Waals surface area contributed by atoms with E-state index >= 15 is 0 Å². The maximum absolute atomic E-state index is 11.6. The molecule has 0 saturated heterocycles. The minimum absolute atomic E-state index is 0.197. The van der Waals surface area contributed by atoms with Gasteiger partial charge in [-0.15, -0.1) is 0 Å². The lowest BCUT2D eigenvalue weighted by Gasteiger charge is -2.17. The average molecular weight is 194 g/mol. The van der Waals surface area contributed by atoms with Crippen LogP contribution in [0, 0.1) is 6.92 Å². The van der Waals surface area contributed by atoms with Crippen molar-refractivity contribution in [2.45, 2.75) is 13.8 Å². The van der Waals surface area contributed by atoms with Crippen LogP contribution in [0.5, 0.6) is 0 Å². The van der Waals surface area contributed by atoms with E-state index in [0.29, 0.717) is 11.4 Å². The van der Waals surface area contributed by atoms with Crippen LogP contribution in [0.1, 0.15) is 23.1 Å². The van der Waals surface area contributed by atoms with E-state index in [-0.39, 0.29) is 5.91 Å². The van der Waals surface area contributed by atoms with Crippen LogP contribution in [0.4, 0.5) is 0 Å². The summed E-state index contributed by atoms with van der Waals surface area (Å²) in [6.45, 7) is 7.26. The van der Waals surface area contributed by atoms with Gasteiger partial charge in [0.2, 0.25) is 0 Å².